The van der Waals surface area contributed by atoms with Crippen molar-refractivity contribution in [3.05, 3.63) is 95.6 Å². The lowest BCUT2D eigenvalue weighted by Crippen LogP contribution is -2.26. The zero-order valence-corrected chi connectivity index (χ0v) is 20.3. The fourth-order valence-corrected chi connectivity index (χ4v) is 4.82. The fourth-order valence-electron chi connectivity index (χ4n) is 3.93. The quantitative estimate of drug-likeness (QED) is 0.340. The molecule has 3 aromatic heterocycles. The Labute approximate surface area is 211 Å². The molecule has 2 amide bonds. The van der Waals surface area contributed by atoms with E-state index in [1.54, 1.807) is 53.2 Å². The molecule has 2 aromatic carbocycles. The van der Waals surface area contributed by atoms with Crippen molar-refractivity contribution >= 4 is 45.8 Å². The zero-order chi connectivity index (χ0) is 25.1. The van der Waals surface area contributed by atoms with E-state index in [9.17, 15) is 14.7 Å². The van der Waals surface area contributed by atoms with E-state index in [1.165, 1.54) is 11.3 Å². The molecule has 0 unspecified atom stereocenters. The Hall–Kier alpha value is -4.34. The lowest BCUT2D eigenvalue weighted by atomic mass is 10.2. The van der Waals surface area contributed by atoms with Crippen LogP contribution in [-0.4, -0.2) is 45.1 Å². The molecule has 3 heterocycles. The van der Waals surface area contributed by atoms with Gasteiger partial charge in [0, 0.05) is 47.7 Å². The third-order valence-corrected chi connectivity index (χ3v) is 6.90. The van der Waals surface area contributed by atoms with Crippen LogP contribution in [0.1, 0.15) is 20.0 Å². The molecule has 0 aliphatic carbocycles. The monoisotopic (exact) mass is 497 g/mol. The zero-order valence-electron chi connectivity index (χ0n) is 19.5. The average molecular weight is 498 g/mol. The van der Waals surface area contributed by atoms with Crippen molar-refractivity contribution in [2.45, 2.75) is 6.54 Å². The minimum atomic E-state index is -0.291. The molecule has 8 nitrogen and oxygen atoms in total. The van der Waals surface area contributed by atoms with Gasteiger partial charge in [-0.05, 0) is 48.5 Å². The summed E-state index contributed by atoms with van der Waals surface area (Å²) in [5.74, 6) is -0.101. The van der Waals surface area contributed by atoms with E-state index in [4.69, 9.17) is 0 Å². The van der Waals surface area contributed by atoms with E-state index in [-0.39, 0.29) is 25.0 Å². The third kappa shape index (κ3) is 4.61. The van der Waals surface area contributed by atoms with Crippen LogP contribution in [0.5, 0.6) is 0 Å². The number of hydrogen-bond acceptors (Lipinski definition) is 6. The summed E-state index contributed by atoms with van der Waals surface area (Å²) in [6.07, 6.45) is 3.46. The van der Waals surface area contributed by atoms with Gasteiger partial charge in [0.25, 0.3) is 11.8 Å². The Kier molecular flexibility index (Phi) is 6.57. The molecule has 0 saturated heterocycles. The minimum absolute atomic E-state index is 0.118. The van der Waals surface area contributed by atoms with Crippen LogP contribution in [0.15, 0.2) is 85.2 Å². The summed E-state index contributed by atoms with van der Waals surface area (Å²) in [6.45, 7) is 0.141. The van der Waals surface area contributed by atoms with Gasteiger partial charge in [0.05, 0.1) is 22.5 Å². The van der Waals surface area contributed by atoms with Crippen molar-refractivity contribution in [1.29, 1.82) is 0 Å². The van der Waals surface area contributed by atoms with Gasteiger partial charge < -0.3 is 14.6 Å². The Bertz CT molecular complexity index is 1530. The van der Waals surface area contributed by atoms with Crippen molar-refractivity contribution in [2.75, 3.05) is 23.9 Å². The molecule has 0 fully saturated rings. The Morgan fingerprint density at radius 3 is 2.64 bits per heavy atom. The topological polar surface area (TPSA) is 100 Å². The lowest BCUT2D eigenvalue weighted by Gasteiger charge is -2.17. The summed E-state index contributed by atoms with van der Waals surface area (Å²) in [5, 5.41) is 12.5. The minimum Gasteiger partial charge on any atom is -0.395 e. The molecular weight excluding hydrogens is 474 g/mol. The molecule has 0 spiro atoms. The number of nitrogens with zero attached hydrogens (tertiary/aromatic N) is 4. The van der Waals surface area contributed by atoms with Crippen molar-refractivity contribution in [3.63, 3.8) is 0 Å². The first-order valence-corrected chi connectivity index (χ1v) is 12.1. The first-order valence-electron chi connectivity index (χ1n) is 11.3. The van der Waals surface area contributed by atoms with Gasteiger partial charge in [-0.2, -0.15) is 0 Å². The Morgan fingerprint density at radius 1 is 1.06 bits per heavy atom. The van der Waals surface area contributed by atoms with E-state index in [1.807, 2.05) is 48.5 Å². The number of anilines is 2. The molecule has 0 radical (unpaired) electrons. The van der Waals surface area contributed by atoms with Gasteiger partial charge in [-0.3, -0.25) is 19.9 Å². The highest BCUT2D eigenvalue weighted by atomic mass is 32.1. The van der Waals surface area contributed by atoms with Gasteiger partial charge in [-0.15, -0.1) is 11.3 Å². The van der Waals surface area contributed by atoms with E-state index >= 15 is 0 Å². The summed E-state index contributed by atoms with van der Waals surface area (Å²) < 4.78 is 1.76. The average Bonchev–Trinajstić information content (AvgIpc) is 3.54. The second-order valence-corrected chi connectivity index (χ2v) is 9.16. The molecule has 180 valence electrons. The molecule has 0 atom stereocenters. The van der Waals surface area contributed by atoms with Crippen LogP contribution < -0.4 is 10.2 Å². The van der Waals surface area contributed by atoms with Gasteiger partial charge in [0.15, 0.2) is 0 Å². The summed E-state index contributed by atoms with van der Waals surface area (Å²) in [4.78, 5) is 37.7. The van der Waals surface area contributed by atoms with E-state index in [2.05, 4.69) is 15.3 Å². The van der Waals surface area contributed by atoms with Crippen LogP contribution in [0.2, 0.25) is 0 Å². The Morgan fingerprint density at radius 2 is 1.89 bits per heavy atom. The van der Waals surface area contributed by atoms with Crippen LogP contribution >= 0.6 is 11.3 Å². The number of benzene rings is 2. The second-order valence-electron chi connectivity index (χ2n) is 8.07. The first kappa shape index (κ1) is 23.4. The van der Waals surface area contributed by atoms with Crippen molar-refractivity contribution in [3.8, 4) is 10.4 Å². The number of amides is 2. The van der Waals surface area contributed by atoms with E-state index < -0.39 is 0 Å². The number of aromatic nitrogens is 3. The molecule has 2 N–H and O–H groups in total. The van der Waals surface area contributed by atoms with E-state index in [0.717, 1.165) is 16.0 Å². The number of carbonyl (C=O) groups excluding carboxylic acids is 2. The van der Waals surface area contributed by atoms with Crippen LogP contribution in [-0.2, 0) is 6.54 Å². The number of rotatable bonds is 7. The van der Waals surface area contributed by atoms with Crippen LogP contribution in [0.3, 0.4) is 0 Å². The maximum absolute atomic E-state index is 13.0. The summed E-state index contributed by atoms with van der Waals surface area (Å²) >= 11 is 1.36. The Balaban J connectivity index is 1.42. The smallest absolute Gasteiger partial charge is 0.268 e. The fraction of sp³-hybridized carbons (Fsp3) is 0.111. The lowest BCUT2D eigenvalue weighted by molar-refractivity contribution is 0.0991. The van der Waals surface area contributed by atoms with Gasteiger partial charge in [-0.1, -0.05) is 24.3 Å². The second kappa shape index (κ2) is 10.1. The predicted octanol–water partition coefficient (Wildman–Crippen LogP) is 4.68. The highest BCUT2D eigenvalue weighted by Crippen LogP contribution is 2.29. The highest BCUT2D eigenvalue weighted by molar-refractivity contribution is 7.17. The van der Waals surface area contributed by atoms with E-state index in [0.29, 0.717) is 27.6 Å². The molecular formula is C27H23N5O3S. The molecule has 0 aliphatic rings. The number of nitrogens with one attached hydrogen (secondary N) is 1. The summed E-state index contributed by atoms with van der Waals surface area (Å²) in [5.41, 5.74) is 3.54. The van der Waals surface area contributed by atoms with Crippen LogP contribution in [0.4, 0.5) is 11.6 Å². The number of aliphatic hydroxyl groups excluding tert-OH is 1. The van der Waals surface area contributed by atoms with Crippen LogP contribution in [0.25, 0.3) is 21.5 Å². The first-order chi connectivity index (χ1) is 17.5. The van der Waals surface area contributed by atoms with Gasteiger partial charge >= 0.3 is 0 Å². The van der Waals surface area contributed by atoms with Gasteiger partial charge in [0.1, 0.15) is 0 Å². The highest BCUT2D eigenvalue weighted by Gasteiger charge is 2.19. The molecule has 0 bridgehead atoms. The summed E-state index contributed by atoms with van der Waals surface area (Å²) in [6, 6.07) is 22.0. The van der Waals surface area contributed by atoms with Gasteiger partial charge in [-0.25, -0.2) is 4.98 Å². The standard InChI is InChI=1S/C27H23N5O3S/c1-31(26(35)18-6-3-2-4-7-18)20-9-10-22-21(16-20)29-27(32(22)14-15-33)30-25(34)24-12-11-23(36-24)19-8-5-13-28-17-19/h2-13,16-17,33H,14-15H2,1H3,(H,29,30,34). The number of thiophene rings is 1. The number of carbonyl (C=O) groups is 2. The number of aliphatic hydroxyl groups is 1. The number of hydrogen-bond donors (Lipinski definition) is 2. The SMILES string of the molecule is CN(C(=O)c1ccccc1)c1ccc2c(c1)nc(NC(=O)c1ccc(-c3cccnc3)s1)n2CCO. The summed E-state index contributed by atoms with van der Waals surface area (Å²) in [7, 11) is 1.71. The number of imidazole rings is 1. The predicted molar refractivity (Wildman–Crippen MR) is 141 cm³/mol. The maximum Gasteiger partial charge on any atom is 0.268 e. The molecule has 0 saturated carbocycles. The number of fused-ring (bicyclic) bond motifs is 1. The van der Waals surface area contributed by atoms with Crippen molar-refractivity contribution in [2.24, 2.45) is 0 Å². The van der Waals surface area contributed by atoms with Crippen molar-refractivity contribution < 1.29 is 14.7 Å². The number of pyridine rings is 1. The third-order valence-electron chi connectivity index (χ3n) is 5.77. The van der Waals surface area contributed by atoms with Crippen molar-refractivity contribution in [1.82, 2.24) is 14.5 Å². The largest absolute Gasteiger partial charge is 0.395 e. The molecule has 5 rings (SSSR count). The molecule has 5 aromatic rings. The molecule has 36 heavy (non-hydrogen) atoms. The molecule has 0 aliphatic heterocycles. The van der Waals surface area contributed by atoms with Gasteiger partial charge in [0.2, 0.25) is 5.95 Å². The molecule has 9 heteroatoms. The normalized spacial score (nSPS) is 10.9. The van der Waals surface area contributed by atoms with Crippen LogP contribution in [0, 0.1) is 0 Å². The maximum atomic E-state index is 13.0.